The van der Waals surface area contributed by atoms with Crippen molar-refractivity contribution in [3.8, 4) is 17.6 Å². The summed E-state index contributed by atoms with van der Waals surface area (Å²) in [6.45, 7) is 2.52. The number of nitriles is 1. The lowest BCUT2D eigenvalue weighted by Gasteiger charge is -2.18. The molecule has 0 aliphatic heterocycles. The summed E-state index contributed by atoms with van der Waals surface area (Å²) in [6.07, 6.45) is 1.51. The van der Waals surface area contributed by atoms with Gasteiger partial charge in [0.2, 0.25) is 5.91 Å². The number of amides is 2. The highest BCUT2D eigenvalue weighted by Gasteiger charge is 2.19. The molecule has 2 amide bonds. The number of nitrogens with one attached hydrogen (secondary N) is 2. The van der Waals surface area contributed by atoms with Crippen LogP contribution in [0.2, 0.25) is 0 Å². The predicted octanol–water partition coefficient (Wildman–Crippen LogP) is 5.55. The number of carbonyl (C=O) groups is 2. The van der Waals surface area contributed by atoms with E-state index in [2.05, 4.69) is 21.9 Å². The van der Waals surface area contributed by atoms with E-state index in [0.29, 0.717) is 34.8 Å². The highest BCUT2D eigenvalue weighted by Crippen LogP contribution is 2.29. The lowest BCUT2D eigenvalue weighted by atomic mass is 10.0. The molecule has 4 aromatic rings. The summed E-state index contributed by atoms with van der Waals surface area (Å²) in [5, 5.41) is 16.4. The molecule has 0 saturated heterocycles. The van der Waals surface area contributed by atoms with E-state index in [-0.39, 0.29) is 24.8 Å². The first-order valence-electron chi connectivity index (χ1n) is 13.2. The average molecular weight is 547 g/mol. The SMILES string of the molecule is CCOc1cc(/C=N\NC(=O)C[C@@H](NC(=O)c2ccccc2)c2ccccc2)ccc1OCc1ccccc1C#N. The van der Waals surface area contributed by atoms with Crippen LogP contribution >= 0.6 is 0 Å². The summed E-state index contributed by atoms with van der Waals surface area (Å²) < 4.78 is 11.7. The Bertz CT molecular complexity index is 1530. The van der Waals surface area contributed by atoms with Crippen LogP contribution in [-0.2, 0) is 11.4 Å². The van der Waals surface area contributed by atoms with Gasteiger partial charge in [0.25, 0.3) is 5.91 Å². The molecular formula is C33H30N4O4. The number of nitrogens with zero attached hydrogens (tertiary/aromatic N) is 2. The van der Waals surface area contributed by atoms with Gasteiger partial charge in [0.1, 0.15) is 6.61 Å². The zero-order chi connectivity index (χ0) is 28.9. The lowest BCUT2D eigenvalue weighted by Crippen LogP contribution is -2.32. The van der Waals surface area contributed by atoms with Crippen LogP contribution in [0, 0.1) is 11.3 Å². The number of rotatable bonds is 12. The molecule has 0 spiro atoms. The van der Waals surface area contributed by atoms with Gasteiger partial charge in [-0.25, -0.2) is 5.43 Å². The zero-order valence-electron chi connectivity index (χ0n) is 22.6. The number of carbonyl (C=O) groups excluding carboxylic acids is 2. The molecule has 4 rings (SSSR count). The Hall–Kier alpha value is -5.42. The molecule has 0 bridgehead atoms. The van der Waals surface area contributed by atoms with E-state index >= 15 is 0 Å². The Kier molecular flexibility index (Phi) is 10.2. The van der Waals surface area contributed by atoms with Crippen molar-refractivity contribution in [1.82, 2.24) is 10.7 Å². The van der Waals surface area contributed by atoms with E-state index < -0.39 is 6.04 Å². The molecule has 41 heavy (non-hydrogen) atoms. The minimum atomic E-state index is -0.536. The molecule has 0 fully saturated rings. The molecule has 2 N–H and O–H groups in total. The van der Waals surface area contributed by atoms with Gasteiger partial charge in [-0.3, -0.25) is 9.59 Å². The van der Waals surface area contributed by atoms with Crippen molar-refractivity contribution in [1.29, 1.82) is 5.26 Å². The van der Waals surface area contributed by atoms with Crippen molar-refractivity contribution >= 4 is 18.0 Å². The number of benzene rings is 4. The van der Waals surface area contributed by atoms with Gasteiger partial charge in [0.05, 0.1) is 36.9 Å². The summed E-state index contributed by atoms with van der Waals surface area (Å²) in [5.41, 5.74) is 5.89. The monoisotopic (exact) mass is 546 g/mol. The van der Waals surface area contributed by atoms with Gasteiger partial charge in [0, 0.05) is 11.1 Å². The fraction of sp³-hybridized carbons (Fsp3) is 0.152. The van der Waals surface area contributed by atoms with Crippen molar-refractivity contribution in [2.24, 2.45) is 5.10 Å². The second-order valence-electron chi connectivity index (χ2n) is 9.00. The fourth-order valence-electron chi connectivity index (χ4n) is 4.08. The molecule has 1 atom stereocenters. The summed E-state index contributed by atoms with van der Waals surface area (Å²) in [6, 6.07) is 32.4. The van der Waals surface area contributed by atoms with E-state index in [9.17, 15) is 14.9 Å². The molecule has 0 aliphatic rings. The van der Waals surface area contributed by atoms with E-state index in [1.165, 1.54) is 6.21 Å². The largest absolute Gasteiger partial charge is 0.490 e. The molecule has 0 unspecified atom stereocenters. The van der Waals surface area contributed by atoms with Gasteiger partial charge in [-0.05, 0) is 54.4 Å². The Morgan fingerprint density at radius 1 is 0.902 bits per heavy atom. The van der Waals surface area contributed by atoms with Crippen molar-refractivity contribution < 1.29 is 19.1 Å². The summed E-state index contributed by atoms with van der Waals surface area (Å²) in [7, 11) is 0. The third kappa shape index (κ3) is 8.28. The lowest BCUT2D eigenvalue weighted by molar-refractivity contribution is -0.121. The van der Waals surface area contributed by atoms with Crippen LogP contribution in [0.25, 0.3) is 0 Å². The van der Waals surface area contributed by atoms with Crippen LogP contribution in [0.3, 0.4) is 0 Å². The molecule has 8 heteroatoms. The van der Waals surface area contributed by atoms with E-state index in [1.807, 2.05) is 61.5 Å². The quantitative estimate of drug-likeness (QED) is 0.179. The Labute approximate surface area is 239 Å². The van der Waals surface area contributed by atoms with Gasteiger partial charge in [-0.2, -0.15) is 10.4 Å². The summed E-state index contributed by atoms with van der Waals surface area (Å²) >= 11 is 0. The summed E-state index contributed by atoms with van der Waals surface area (Å²) in [5.74, 6) is 0.424. The van der Waals surface area contributed by atoms with Gasteiger partial charge in [-0.1, -0.05) is 66.7 Å². The number of hydrogen-bond acceptors (Lipinski definition) is 6. The highest BCUT2D eigenvalue weighted by atomic mass is 16.5. The third-order valence-corrected chi connectivity index (χ3v) is 6.12. The first-order chi connectivity index (χ1) is 20.1. The molecule has 0 aromatic heterocycles. The molecule has 0 aliphatic carbocycles. The Morgan fingerprint density at radius 2 is 1.61 bits per heavy atom. The normalized spacial score (nSPS) is 11.3. The highest BCUT2D eigenvalue weighted by molar-refractivity contribution is 5.94. The van der Waals surface area contributed by atoms with Gasteiger partial charge in [0.15, 0.2) is 11.5 Å². The molecular weight excluding hydrogens is 516 g/mol. The van der Waals surface area contributed by atoms with Gasteiger partial charge >= 0.3 is 0 Å². The second-order valence-corrected chi connectivity index (χ2v) is 9.00. The van der Waals surface area contributed by atoms with Crippen molar-refractivity contribution in [3.05, 3.63) is 131 Å². The second kappa shape index (κ2) is 14.7. The summed E-state index contributed by atoms with van der Waals surface area (Å²) in [4.78, 5) is 25.6. The van der Waals surface area contributed by atoms with E-state index in [1.54, 1.807) is 48.5 Å². The Balaban J connectivity index is 1.39. The van der Waals surface area contributed by atoms with Crippen molar-refractivity contribution in [3.63, 3.8) is 0 Å². The van der Waals surface area contributed by atoms with Gasteiger partial charge in [-0.15, -0.1) is 0 Å². The maximum atomic E-state index is 12.8. The zero-order valence-corrected chi connectivity index (χ0v) is 22.6. The van der Waals surface area contributed by atoms with Crippen LogP contribution in [0.4, 0.5) is 0 Å². The molecule has 0 radical (unpaired) electrons. The maximum Gasteiger partial charge on any atom is 0.251 e. The van der Waals surface area contributed by atoms with Crippen molar-refractivity contribution in [2.75, 3.05) is 6.61 Å². The smallest absolute Gasteiger partial charge is 0.251 e. The Morgan fingerprint density at radius 3 is 2.34 bits per heavy atom. The molecule has 206 valence electrons. The molecule has 8 nitrogen and oxygen atoms in total. The number of hydrogen-bond donors (Lipinski definition) is 2. The van der Waals surface area contributed by atoms with Crippen LogP contribution in [0.5, 0.6) is 11.5 Å². The first-order valence-corrected chi connectivity index (χ1v) is 13.2. The third-order valence-electron chi connectivity index (χ3n) is 6.12. The fourth-order valence-corrected chi connectivity index (χ4v) is 4.08. The van der Waals surface area contributed by atoms with Crippen LogP contribution in [0.15, 0.2) is 108 Å². The van der Waals surface area contributed by atoms with Gasteiger partial charge < -0.3 is 14.8 Å². The minimum Gasteiger partial charge on any atom is -0.490 e. The molecule has 4 aromatic carbocycles. The minimum absolute atomic E-state index is 0.00106. The van der Waals surface area contributed by atoms with E-state index in [0.717, 1.165) is 11.1 Å². The van der Waals surface area contributed by atoms with Crippen LogP contribution in [0.1, 0.15) is 52.0 Å². The maximum absolute atomic E-state index is 12.8. The standard InChI is InChI=1S/C33H30N4O4/c1-2-40-31-19-24(17-18-30(31)41-23-28-16-10-9-15-27(28)21-34)22-35-37-32(38)20-29(25-11-5-3-6-12-25)36-33(39)26-13-7-4-8-14-26/h3-19,22,29H,2,20,23H2,1H3,(H,36,39)(H,37,38)/b35-22-/t29-/m1/s1. The number of hydrazone groups is 1. The average Bonchev–Trinajstić information content (AvgIpc) is 3.01. The predicted molar refractivity (Wildman–Crippen MR) is 157 cm³/mol. The van der Waals surface area contributed by atoms with Crippen LogP contribution in [-0.4, -0.2) is 24.6 Å². The first kappa shape index (κ1) is 28.6. The molecule has 0 heterocycles. The molecule has 0 saturated carbocycles. The van der Waals surface area contributed by atoms with E-state index in [4.69, 9.17) is 9.47 Å². The number of ether oxygens (including phenoxy) is 2. The topological polar surface area (TPSA) is 113 Å². The van der Waals surface area contributed by atoms with Crippen molar-refractivity contribution in [2.45, 2.75) is 26.0 Å². The van der Waals surface area contributed by atoms with Crippen LogP contribution < -0.4 is 20.2 Å².